The second-order valence-corrected chi connectivity index (χ2v) is 6.03. The molecule has 21 heavy (non-hydrogen) atoms. The van der Waals surface area contributed by atoms with Crippen LogP contribution >= 0.6 is 0 Å². The van der Waals surface area contributed by atoms with Gasteiger partial charge in [0.1, 0.15) is 0 Å². The molecule has 110 valence electrons. The lowest BCUT2D eigenvalue weighted by Gasteiger charge is -2.22. The van der Waals surface area contributed by atoms with Crippen LogP contribution in [0.5, 0.6) is 0 Å². The quantitative estimate of drug-likeness (QED) is 0.921. The number of benzene rings is 2. The molecule has 0 radical (unpaired) electrons. The third kappa shape index (κ3) is 2.96. The monoisotopic (exact) mass is 281 g/mol. The molecule has 2 aromatic rings. The molecule has 1 heterocycles. The first-order valence-corrected chi connectivity index (χ1v) is 7.73. The highest BCUT2D eigenvalue weighted by atomic mass is 16.3. The second kappa shape index (κ2) is 5.90. The van der Waals surface area contributed by atoms with Gasteiger partial charge in [-0.05, 0) is 49.4 Å². The van der Waals surface area contributed by atoms with Crippen LogP contribution in [-0.4, -0.2) is 18.2 Å². The van der Waals surface area contributed by atoms with Gasteiger partial charge in [0, 0.05) is 18.8 Å². The molecular formula is C19H23NO. The lowest BCUT2D eigenvalue weighted by molar-refractivity contribution is 0.169. The molecule has 0 spiro atoms. The molecule has 2 aromatic carbocycles. The first-order valence-electron chi connectivity index (χ1n) is 7.73. The van der Waals surface area contributed by atoms with Crippen molar-refractivity contribution in [3.05, 3.63) is 64.7 Å². The minimum absolute atomic E-state index is 0.377. The van der Waals surface area contributed by atoms with E-state index < -0.39 is 0 Å². The molecule has 0 amide bonds. The normalized spacial score (nSPS) is 15.1. The summed E-state index contributed by atoms with van der Waals surface area (Å²) in [6.07, 6.45) is 1.52. The molecule has 0 saturated carbocycles. The average molecular weight is 281 g/mol. The number of hydrogen-bond donors (Lipinski definition) is 1. The standard InChI is InChI=1S/C19H23NO/c1-14-7-8-17(15(2)13-14)19(21)10-12-20-11-9-16-5-3-4-6-18(16)20/h3-8,13,19,21H,9-12H2,1-2H3. The second-order valence-electron chi connectivity index (χ2n) is 6.03. The van der Waals surface area contributed by atoms with Crippen molar-refractivity contribution in [3.63, 3.8) is 0 Å². The van der Waals surface area contributed by atoms with Gasteiger partial charge >= 0.3 is 0 Å². The van der Waals surface area contributed by atoms with Crippen LogP contribution in [0, 0.1) is 13.8 Å². The van der Waals surface area contributed by atoms with Crippen molar-refractivity contribution >= 4 is 5.69 Å². The number of rotatable bonds is 4. The third-order valence-electron chi connectivity index (χ3n) is 4.44. The van der Waals surface area contributed by atoms with E-state index in [4.69, 9.17) is 0 Å². The highest BCUT2D eigenvalue weighted by Crippen LogP contribution is 2.29. The number of para-hydroxylation sites is 1. The fourth-order valence-electron chi connectivity index (χ4n) is 3.27. The summed E-state index contributed by atoms with van der Waals surface area (Å²) in [5.74, 6) is 0. The summed E-state index contributed by atoms with van der Waals surface area (Å²) in [7, 11) is 0. The van der Waals surface area contributed by atoms with E-state index in [9.17, 15) is 5.11 Å². The SMILES string of the molecule is Cc1ccc(C(O)CCN2CCc3ccccc32)c(C)c1. The van der Waals surface area contributed by atoms with E-state index in [0.29, 0.717) is 0 Å². The number of anilines is 1. The Kier molecular flexibility index (Phi) is 3.98. The van der Waals surface area contributed by atoms with Crippen molar-refractivity contribution in [2.24, 2.45) is 0 Å². The number of aliphatic hydroxyl groups excluding tert-OH is 1. The van der Waals surface area contributed by atoms with Gasteiger partial charge in [-0.15, -0.1) is 0 Å². The molecular weight excluding hydrogens is 258 g/mol. The summed E-state index contributed by atoms with van der Waals surface area (Å²) in [6, 6.07) is 14.9. The van der Waals surface area contributed by atoms with Crippen molar-refractivity contribution in [2.75, 3.05) is 18.0 Å². The zero-order valence-electron chi connectivity index (χ0n) is 12.8. The number of aliphatic hydroxyl groups is 1. The Bertz CT molecular complexity index is 635. The van der Waals surface area contributed by atoms with Crippen LogP contribution in [-0.2, 0) is 6.42 Å². The van der Waals surface area contributed by atoms with Crippen molar-refractivity contribution in [3.8, 4) is 0 Å². The van der Waals surface area contributed by atoms with Gasteiger partial charge in [-0.25, -0.2) is 0 Å². The summed E-state index contributed by atoms with van der Waals surface area (Å²) in [6.45, 7) is 6.14. The van der Waals surface area contributed by atoms with E-state index in [-0.39, 0.29) is 6.10 Å². The Morgan fingerprint density at radius 3 is 2.76 bits per heavy atom. The smallest absolute Gasteiger partial charge is 0.0809 e. The molecule has 0 aliphatic carbocycles. The minimum Gasteiger partial charge on any atom is -0.388 e. The predicted octanol–water partition coefficient (Wildman–Crippen LogP) is 3.79. The third-order valence-corrected chi connectivity index (χ3v) is 4.44. The zero-order valence-corrected chi connectivity index (χ0v) is 12.8. The summed E-state index contributed by atoms with van der Waals surface area (Å²) < 4.78 is 0. The van der Waals surface area contributed by atoms with Crippen LogP contribution in [0.3, 0.4) is 0 Å². The topological polar surface area (TPSA) is 23.5 Å². The molecule has 1 atom stereocenters. The van der Waals surface area contributed by atoms with E-state index in [1.165, 1.54) is 22.4 Å². The van der Waals surface area contributed by atoms with Crippen molar-refractivity contribution in [1.82, 2.24) is 0 Å². The van der Waals surface area contributed by atoms with Crippen LogP contribution < -0.4 is 4.90 Å². The van der Waals surface area contributed by atoms with E-state index >= 15 is 0 Å². The van der Waals surface area contributed by atoms with Gasteiger partial charge < -0.3 is 10.0 Å². The largest absolute Gasteiger partial charge is 0.388 e. The van der Waals surface area contributed by atoms with Crippen LogP contribution in [0.2, 0.25) is 0 Å². The molecule has 0 saturated heterocycles. The maximum absolute atomic E-state index is 10.5. The Balaban J connectivity index is 1.66. The Hall–Kier alpha value is -1.80. The number of aryl methyl sites for hydroxylation is 2. The van der Waals surface area contributed by atoms with E-state index in [0.717, 1.165) is 31.5 Å². The highest BCUT2D eigenvalue weighted by molar-refractivity contribution is 5.57. The molecule has 1 aliphatic heterocycles. The Morgan fingerprint density at radius 1 is 1.14 bits per heavy atom. The summed E-state index contributed by atoms with van der Waals surface area (Å²) in [4.78, 5) is 2.39. The maximum atomic E-state index is 10.5. The Labute approximate surface area is 127 Å². The van der Waals surface area contributed by atoms with Gasteiger partial charge in [-0.2, -0.15) is 0 Å². The van der Waals surface area contributed by atoms with E-state index in [1.807, 2.05) is 0 Å². The highest BCUT2D eigenvalue weighted by Gasteiger charge is 2.19. The number of hydrogen-bond acceptors (Lipinski definition) is 2. The lowest BCUT2D eigenvalue weighted by atomic mass is 9.99. The average Bonchev–Trinajstić information content (AvgIpc) is 2.88. The summed E-state index contributed by atoms with van der Waals surface area (Å²) in [5, 5.41) is 10.5. The molecule has 0 bridgehead atoms. The predicted molar refractivity (Wildman–Crippen MR) is 87.9 cm³/mol. The van der Waals surface area contributed by atoms with Crippen molar-refractivity contribution in [2.45, 2.75) is 32.8 Å². The lowest BCUT2D eigenvalue weighted by Crippen LogP contribution is -2.23. The van der Waals surface area contributed by atoms with Gasteiger partial charge in [0.05, 0.1) is 6.10 Å². The van der Waals surface area contributed by atoms with Crippen LogP contribution in [0.25, 0.3) is 0 Å². The molecule has 0 aromatic heterocycles. The van der Waals surface area contributed by atoms with Crippen molar-refractivity contribution < 1.29 is 5.11 Å². The Morgan fingerprint density at radius 2 is 1.95 bits per heavy atom. The van der Waals surface area contributed by atoms with Gasteiger partial charge in [0.25, 0.3) is 0 Å². The van der Waals surface area contributed by atoms with Gasteiger partial charge in [0.2, 0.25) is 0 Å². The van der Waals surface area contributed by atoms with Crippen LogP contribution in [0.4, 0.5) is 5.69 Å². The molecule has 1 N–H and O–H groups in total. The molecule has 3 rings (SSSR count). The summed E-state index contributed by atoms with van der Waals surface area (Å²) >= 11 is 0. The number of nitrogens with zero attached hydrogens (tertiary/aromatic N) is 1. The van der Waals surface area contributed by atoms with Gasteiger partial charge in [-0.3, -0.25) is 0 Å². The van der Waals surface area contributed by atoms with Crippen LogP contribution in [0.15, 0.2) is 42.5 Å². The molecule has 1 aliphatic rings. The molecule has 2 heteroatoms. The van der Waals surface area contributed by atoms with Crippen molar-refractivity contribution in [1.29, 1.82) is 0 Å². The van der Waals surface area contributed by atoms with Crippen LogP contribution in [0.1, 0.15) is 34.8 Å². The molecule has 0 fully saturated rings. The molecule has 1 unspecified atom stereocenters. The van der Waals surface area contributed by atoms with E-state index in [1.54, 1.807) is 0 Å². The first kappa shape index (κ1) is 14.2. The maximum Gasteiger partial charge on any atom is 0.0809 e. The first-order chi connectivity index (χ1) is 10.1. The summed E-state index contributed by atoms with van der Waals surface area (Å²) in [5.41, 5.74) is 6.26. The van der Waals surface area contributed by atoms with Gasteiger partial charge in [0.15, 0.2) is 0 Å². The van der Waals surface area contributed by atoms with Gasteiger partial charge in [-0.1, -0.05) is 42.0 Å². The fourth-order valence-corrected chi connectivity index (χ4v) is 3.27. The van der Waals surface area contributed by atoms with E-state index in [2.05, 4.69) is 61.2 Å². The molecule has 2 nitrogen and oxygen atoms in total. The minimum atomic E-state index is -0.377. The number of fused-ring (bicyclic) bond motifs is 1. The zero-order chi connectivity index (χ0) is 14.8. The fraction of sp³-hybridized carbons (Fsp3) is 0.368.